The van der Waals surface area contributed by atoms with E-state index in [0.717, 1.165) is 0 Å². The minimum absolute atomic E-state index is 0.0158. The molecule has 0 aliphatic carbocycles. The van der Waals surface area contributed by atoms with Crippen LogP contribution < -0.4 is 15.5 Å². The Morgan fingerprint density at radius 1 is 1.33 bits per heavy atom. The first-order valence-corrected chi connectivity index (χ1v) is 6.00. The van der Waals surface area contributed by atoms with Gasteiger partial charge in [-0.25, -0.2) is 0 Å². The number of nitrogens with one attached hydrogen (secondary N) is 2. The molecule has 1 aromatic heterocycles. The molecule has 100 valence electrons. The van der Waals surface area contributed by atoms with Crippen LogP contribution in [-0.4, -0.2) is 48.0 Å². The quantitative estimate of drug-likeness (QED) is 0.786. The fourth-order valence-corrected chi connectivity index (χ4v) is 1.35. The van der Waals surface area contributed by atoms with Crippen molar-refractivity contribution in [2.45, 2.75) is 13.3 Å². The van der Waals surface area contributed by atoms with Crippen LogP contribution in [0.5, 0.6) is 0 Å². The molecule has 1 heterocycles. The summed E-state index contributed by atoms with van der Waals surface area (Å²) < 4.78 is 0. The monoisotopic (exact) mass is 272 g/mol. The molecule has 2 N–H and O–H groups in total. The summed E-state index contributed by atoms with van der Waals surface area (Å²) in [5.41, 5.74) is 0. The van der Waals surface area contributed by atoms with E-state index >= 15 is 0 Å². The van der Waals surface area contributed by atoms with Crippen molar-refractivity contribution in [2.24, 2.45) is 0 Å². The van der Waals surface area contributed by atoms with Crippen LogP contribution in [0.4, 0.5) is 11.9 Å². The molecule has 0 fully saturated rings. The van der Waals surface area contributed by atoms with Gasteiger partial charge in [0.2, 0.25) is 23.1 Å². The van der Waals surface area contributed by atoms with Crippen molar-refractivity contribution >= 4 is 29.4 Å². The van der Waals surface area contributed by atoms with Gasteiger partial charge >= 0.3 is 0 Å². The van der Waals surface area contributed by atoms with Gasteiger partial charge in [0, 0.05) is 33.6 Å². The third-order valence-corrected chi connectivity index (χ3v) is 2.17. The van der Waals surface area contributed by atoms with Gasteiger partial charge in [-0.05, 0) is 18.5 Å². The molecule has 0 saturated heterocycles. The summed E-state index contributed by atoms with van der Waals surface area (Å²) in [4.78, 5) is 25.0. The molecule has 0 atom stereocenters. The van der Waals surface area contributed by atoms with Crippen molar-refractivity contribution in [2.75, 3.05) is 37.4 Å². The fraction of sp³-hybridized carbons (Fsp3) is 0.600. The zero-order chi connectivity index (χ0) is 13.5. The number of aromatic nitrogens is 3. The molecule has 8 heteroatoms. The Hall–Kier alpha value is -1.63. The van der Waals surface area contributed by atoms with Crippen LogP contribution in [0.15, 0.2) is 0 Å². The molecule has 0 spiro atoms. The van der Waals surface area contributed by atoms with E-state index in [1.165, 1.54) is 0 Å². The Balaban J connectivity index is 2.54. The van der Waals surface area contributed by atoms with Gasteiger partial charge in [0.1, 0.15) is 0 Å². The zero-order valence-corrected chi connectivity index (χ0v) is 11.5. The van der Waals surface area contributed by atoms with Crippen LogP contribution in [0.2, 0.25) is 5.28 Å². The van der Waals surface area contributed by atoms with E-state index in [1.807, 2.05) is 21.0 Å². The van der Waals surface area contributed by atoms with Gasteiger partial charge in [-0.3, -0.25) is 4.79 Å². The van der Waals surface area contributed by atoms with E-state index in [-0.39, 0.29) is 11.2 Å². The van der Waals surface area contributed by atoms with Crippen molar-refractivity contribution in [1.82, 2.24) is 20.3 Å². The number of carbonyl (C=O) groups is 1. The molecule has 0 aliphatic heterocycles. The Labute approximate surface area is 111 Å². The van der Waals surface area contributed by atoms with Crippen LogP contribution >= 0.6 is 11.6 Å². The maximum Gasteiger partial charge on any atom is 0.230 e. The maximum absolute atomic E-state index is 11.2. The molecular formula is C10H17ClN6O. The van der Waals surface area contributed by atoms with E-state index in [2.05, 4.69) is 25.6 Å². The van der Waals surface area contributed by atoms with Crippen molar-refractivity contribution in [3.63, 3.8) is 0 Å². The lowest BCUT2D eigenvalue weighted by Gasteiger charge is -2.11. The molecule has 0 aliphatic rings. The Morgan fingerprint density at radius 2 is 2.06 bits per heavy atom. The van der Waals surface area contributed by atoms with Gasteiger partial charge in [0.25, 0.3) is 0 Å². The molecule has 1 amide bonds. The van der Waals surface area contributed by atoms with Crippen LogP contribution in [-0.2, 0) is 4.79 Å². The average molecular weight is 273 g/mol. The second kappa shape index (κ2) is 6.95. The number of anilines is 2. The number of rotatable bonds is 6. The Bertz CT molecular complexity index is 411. The molecule has 1 aromatic rings. The maximum atomic E-state index is 11.2. The molecule has 1 rings (SSSR count). The number of amides is 1. The van der Waals surface area contributed by atoms with Crippen molar-refractivity contribution in [3.8, 4) is 0 Å². The summed E-state index contributed by atoms with van der Waals surface area (Å²) in [7, 11) is 3.62. The summed E-state index contributed by atoms with van der Waals surface area (Å²) in [5, 5.41) is 5.76. The highest BCUT2D eigenvalue weighted by atomic mass is 35.5. The lowest BCUT2D eigenvalue weighted by atomic mass is 10.4. The van der Waals surface area contributed by atoms with Crippen molar-refractivity contribution in [1.29, 1.82) is 0 Å². The highest BCUT2D eigenvalue weighted by Gasteiger charge is 2.06. The summed E-state index contributed by atoms with van der Waals surface area (Å²) in [6, 6.07) is 0. The molecule has 0 unspecified atom stereocenters. The standard InChI is InChI=1S/C10H17ClN6O/c1-4-12-7(18)5-6-13-9-14-8(11)15-10(16-9)17(2)3/h4-6H2,1-3H3,(H,12,18)(H,13,14,15,16). The normalized spacial score (nSPS) is 10.0. The fourth-order valence-electron chi connectivity index (χ4n) is 1.19. The highest BCUT2D eigenvalue weighted by Crippen LogP contribution is 2.11. The summed E-state index contributed by atoms with van der Waals surface area (Å²) in [5.74, 6) is 0.816. The van der Waals surface area contributed by atoms with Gasteiger partial charge in [-0.2, -0.15) is 15.0 Å². The topological polar surface area (TPSA) is 83.0 Å². The molecule has 0 radical (unpaired) electrons. The van der Waals surface area contributed by atoms with Crippen molar-refractivity contribution in [3.05, 3.63) is 5.28 Å². The van der Waals surface area contributed by atoms with Gasteiger partial charge in [-0.1, -0.05) is 0 Å². The van der Waals surface area contributed by atoms with E-state index in [0.29, 0.717) is 31.4 Å². The third kappa shape index (κ3) is 4.70. The third-order valence-electron chi connectivity index (χ3n) is 2.01. The minimum atomic E-state index is -0.0158. The van der Waals surface area contributed by atoms with E-state index in [1.54, 1.807) is 4.90 Å². The first-order chi connectivity index (χ1) is 8.52. The van der Waals surface area contributed by atoms with E-state index in [4.69, 9.17) is 11.6 Å². The first kappa shape index (κ1) is 14.4. The predicted molar refractivity (Wildman–Crippen MR) is 71.0 cm³/mol. The predicted octanol–water partition coefficient (Wildman–Crippen LogP) is 0.529. The summed E-state index contributed by atoms with van der Waals surface area (Å²) in [6.07, 6.45) is 0.356. The summed E-state index contributed by atoms with van der Waals surface area (Å²) >= 11 is 5.78. The first-order valence-electron chi connectivity index (χ1n) is 5.62. The lowest BCUT2D eigenvalue weighted by molar-refractivity contribution is -0.120. The van der Waals surface area contributed by atoms with Crippen LogP contribution in [0.3, 0.4) is 0 Å². The number of halogens is 1. The molecule has 0 saturated carbocycles. The van der Waals surface area contributed by atoms with Crippen molar-refractivity contribution < 1.29 is 4.79 Å². The second-order valence-electron chi connectivity index (χ2n) is 3.75. The molecule has 18 heavy (non-hydrogen) atoms. The zero-order valence-electron chi connectivity index (χ0n) is 10.7. The van der Waals surface area contributed by atoms with Crippen LogP contribution in [0, 0.1) is 0 Å². The molecular weight excluding hydrogens is 256 g/mol. The number of nitrogens with zero attached hydrogens (tertiary/aromatic N) is 4. The lowest BCUT2D eigenvalue weighted by Crippen LogP contribution is -2.25. The van der Waals surface area contributed by atoms with Gasteiger partial charge in [-0.15, -0.1) is 0 Å². The van der Waals surface area contributed by atoms with E-state index in [9.17, 15) is 4.79 Å². The second-order valence-corrected chi connectivity index (χ2v) is 4.09. The average Bonchev–Trinajstić information content (AvgIpc) is 2.28. The number of hydrogen-bond donors (Lipinski definition) is 2. The van der Waals surface area contributed by atoms with E-state index < -0.39 is 0 Å². The molecule has 0 bridgehead atoms. The summed E-state index contributed by atoms with van der Waals surface area (Å²) in [6.45, 7) is 2.95. The van der Waals surface area contributed by atoms with Crippen LogP contribution in [0.1, 0.15) is 13.3 Å². The van der Waals surface area contributed by atoms with Gasteiger partial charge < -0.3 is 15.5 Å². The minimum Gasteiger partial charge on any atom is -0.356 e. The Morgan fingerprint density at radius 3 is 2.67 bits per heavy atom. The largest absolute Gasteiger partial charge is 0.356 e. The van der Waals surface area contributed by atoms with Gasteiger partial charge in [0.15, 0.2) is 0 Å². The molecule has 0 aromatic carbocycles. The number of hydrogen-bond acceptors (Lipinski definition) is 6. The number of carbonyl (C=O) groups excluding carboxylic acids is 1. The van der Waals surface area contributed by atoms with Gasteiger partial charge in [0.05, 0.1) is 0 Å². The van der Waals surface area contributed by atoms with Crippen LogP contribution in [0.25, 0.3) is 0 Å². The smallest absolute Gasteiger partial charge is 0.230 e. The highest BCUT2D eigenvalue weighted by molar-refractivity contribution is 6.28. The molecule has 7 nitrogen and oxygen atoms in total. The SMILES string of the molecule is CCNC(=O)CCNc1nc(Cl)nc(N(C)C)n1. The Kier molecular flexibility index (Phi) is 5.57.